The summed E-state index contributed by atoms with van der Waals surface area (Å²) in [4.78, 5) is 4.04. The summed E-state index contributed by atoms with van der Waals surface area (Å²) >= 11 is 12.8. The Morgan fingerprint density at radius 1 is 1.21 bits per heavy atom. The van der Waals surface area contributed by atoms with Gasteiger partial charge in [-0.25, -0.2) is 0 Å². The summed E-state index contributed by atoms with van der Waals surface area (Å²) in [5, 5.41) is 1.43. The highest BCUT2D eigenvalue weighted by Crippen LogP contribution is 2.27. The van der Waals surface area contributed by atoms with E-state index in [1.165, 1.54) is 0 Å². The van der Waals surface area contributed by atoms with Crippen LogP contribution in [0.3, 0.4) is 0 Å². The van der Waals surface area contributed by atoms with Gasteiger partial charge in [0.2, 0.25) is 0 Å². The second kappa shape index (κ2) is 3.73. The van der Waals surface area contributed by atoms with Crippen molar-refractivity contribution in [3.63, 3.8) is 0 Å². The molecule has 0 radical (unpaired) electrons. The molecule has 0 bridgehead atoms. The molecule has 0 aliphatic heterocycles. The van der Waals surface area contributed by atoms with E-state index < -0.39 is 0 Å². The predicted octanol–water partition coefficient (Wildman–Crippen LogP) is 3.09. The van der Waals surface area contributed by atoms with Crippen LogP contribution in [0.15, 0.2) is 18.2 Å². The zero-order chi connectivity index (χ0) is 10.1. The lowest BCUT2D eigenvalue weighted by atomic mass is 10.2. The minimum Gasteiger partial charge on any atom is -0.374 e. The van der Waals surface area contributed by atoms with Gasteiger partial charge in [0, 0.05) is 17.1 Å². The van der Waals surface area contributed by atoms with Crippen molar-refractivity contribution in [2.75, 3.05) is 5.73 Å². The number of nitrogen functional groups attached to an aromatic ring is 1. The molecule has 0 unspecified atom stereocenters. The van der Waals surface area contributed by atoms with Gasteiger partial charge in [0.05, 0.1) is 10.0 Å². The van der Waals surface area contributed by atoms with Crippen molar-refractivity contribution in [3.8, 4) is 11.4 Å². The van der Waals surface area contributed by atoms with E-state index in [9.17, 15) is 0 Å². The number of nitrogens with two attached hydrogens (primary N) is 1. The number of aromatic nitrogens is 2. The average Bonchev–Trinajstić information content (AvgIpc) is 2.57. The molecule has 0 saturated carbocycles. The van der Waals surface area contributed by atoms with Crippen molar-refractivity contribution < 1.29 is 0 Å². The summed E-state index contributed by atoms with van der Waals surface area (Å²) in [7, 11) is 0. The first-order valence-electron chi connectivity index (χ1n) is 3.71. The van der Waals surface area contributed by atoms with Crippen LogP contribution in [-0.2, 0) is 0 Å². The lowest BCUT2D eigenvalue weighted by Gasteiger charge is -1.97. The van der Waals surface area contributed by atoms with Crippen LogP contribution < -0.4 is 5.73 Å². The Balaban J connectivity index is 2.47. The minimum absolute atomic E-state index is 0.436. The Labute approximate surface area is 94.7 Å². The van der Waals surface area contributed by atoms with Crippen molar-refractivity contribution in [3.05, 3.63) is 28.2 Å². The number of hydrogen-bond acceptors (Lipinski definition) is 4. The fraction of sp³-hybridized carbons (Fsp3) is 0. The molecule has 0 aliphatic rings. The second-order valence-corrected chi connectivity index (χ2v) is 4.18. The maximum Gasteiger partial charge on any atom is 0.200 e. The third-order valence-corrected chi connectivity index (χ3v) is 2.90. The molecular formula is C8H5Cl2N3S. The topological polar surface area (TPSA) is 51.8 Å². The largest absolute Gasteiger partial charge is 0.374 e. The first kappa shape index (κ1) is 9.71. The fourth-order valence-corrected chi connectivity index (χ4v) is 1.74. The van der Waals surface area contributed by atoms with E-state index in [0.29, 0.717) is 21.0 Å². The molecule has 1 aromatic carbocycles. The van der Waals surface area contributed by atoms with E-state index in [-0.39, 0.29) is 0 Å². The van der Waals surface area contributed by atoms with Crippen LogP contribution >= 0.6 is 34.7 Å². The quantitative estimate of drug-likeness (QED) is 0.841. The van der Waals surface area contributed by atoms with E-state index in [2.05, 4.69) is 9.36 Å². The molecule has 0 fully saturated rings. The van der Waals surface area contributed by atoms with Crippen LogP contribution in [0.5, 0.6) is 0 Å². The summed E-state index contributed by atoms with van der Waals surface area (Å²) in [6, 6.07) is 5.22. The molecule has 0 amide bonds. The number of halogens is 2. The molecule has 1 aromatic heterocycles. The van der Waals surface area contributed by atoms with Gasteiger partial charge in [-0.1, -0.05) is 23.2 Å². The molecule has 3 nitrogen and oxygen atoms in total. The van der Waals surface area contributed by atoms with Crippen LogP contribution in [0.2, 0.25) is 10.0 Å². The van der Waals surface area contributed by atoms with E-state index >= 15 is 0 Å². The Morgan fingerprint density at radius 3 is 2.57 bits per heavy atom. The van der Waals surface area contributed by atoms with Crippen molar-refractivity contribution >= 4 is 39.9 Å². The highest BCUT2D eigenvalue weighted by atomic mass is 35.5. The van der Waals surface area contributed by atoms with Crippen molar-refractivity contribution in [1.29, 1.82) is 0 Å². The molecule has 2 aromatic rings. The zero-order valence-electron chi connectivity index (χ0n) is 6.87. The Bertz CT molecular complexity index is 469. The van der Waals surface area contributed by atoms with Gasteiger partial charge in [0.15, 0.2) is 11.0 Å². The van der Waals surface area contributed by atoms with Gasteiger partial charge < -0.3 is 5.73 Å². The number of benzene rings is 1. The predicted molar refractivity (Wildman–Crippen MR) is 59.8 cm³/mol. The molecule has 14 heavy (non-hydrogen) atoms. The van der Waals surface area contributed by atoms with Crippen molar-refractivity contribution in [2.45, 2.75) is 0 Å². The number of anilines is 1. The van der Waals surface area contributed by atoms with Crippen LogP contribution in [-0.4, -0.2) is 9.36 Å². The van der Waals surface area contributed by atoms with E-state index in [0.717, 1.165) is 17.1 Å². The zero-order valence-corrected chi connectivity index (χ0v) is 9.20. The summed E-state index contributed by atoms with van der Waals surface area (Å²) in [6.07, 6.45) is 0. The monoisotopic (exact) mass is 245 g/mol. The SMILES string of the molecule is Nc1nc(-c2ccc(Cl)c(Cl)c2)ns1. The summed E-state index contributed by atoms with van der Waals surface area (Å²) in [6.45, 7) is 0. The van der Waals surface area contributed by atoms with Gasteiger partial charge in [-0.3, -0.25) is 0 Å². The maximum atomic E-state index is 5.86. The lowest BCUT2D eigenvalue weighted by Crippen LogP contribution is -1.84. The van der Waals surface area contributed by atoms with Gasteiger partial charge in [0.25, 0.3) is 0 Å². The summed E-state index contributed by atoms with van der Waals surface area (Å²) < 4.78 is 4.06. The molecule has 0 atom stereocenters. The standard InChI is InChI=1S/C8H5Cl2N3S/c9-5-2-1-4(3-6(5)10)7-12-8(11)14-13-7/h1-3H,(H2,11,12,13). The third-order valence-electron chi connectivity index (χ3n) is 1.62. The Kier molecular flexibility index (Phi) is 2.58. The van der Waals surface area contributed by atoms with Gasteiger partial charge in [-0.15, -0.1) is 0 Å². The van der Waals surface area contributed by atoms with Gasteiger partial charge in [0.1, 0.15) is 0 Å². The van der Waals surface area contributed by atoms with E-state index in [1.807, 2.05) is 0 Å². The molecule has 2 N–H and O–H groups in total. The summed E-state index contributed by atoms with van der Waals surface area (Å²) in [5.74, 6) is 0.575. The lowest BCUT2D eigenvalue weighted by molar-refractivity contribution is 1.33. The number of rotatable bonds is 1. The van der Waals surface area contributed by atoms with Crippen LogP contribution in [0.1, 0.15) is 0 Å². The van der Waals surface area contributed by atoms with Crippen molar-refractivity contribution in [2.24, 2.45) is 0 Å². The first-order valence-corrected chi connectivity index (χ1v) is 5.24. The number of hydrogen-bond donors (Lipinski definition) is 1. The van der Waals surface area contributed by atoms with Gasteiger partial charge in [-0.05, 0) is 18.2 Å². The molecule has 0 aliphatic carbocycles. The van der Waals surface area contributed by atoms with Crippen molar-refractivity contribution in [1.82, 2.24) is 9.36 Å². The van der Waals surface area contributed by atoms with Crippen LogP contribution in [0, 0.1) is 0 Å². The highest BCUT2D eigenvalue weighted by Gasteiger charge is 2.06. The normalized spacial score (nSPS) is 10.4. The molecule has 6 heteroatoms. The smallest absolute Gasteiger partial charge is 0.200 e. The third kappa shape index (κ3) is 1.82. The molecule has 2 rings (SSSR count). The molecule has 0 saturated heterocycles. The molecule has 72 valence electrons. The average molecular weight is 246 g/mol. The second-order valence-electron chi connectivity index (χ2n) is 2.59. The highest BCUT2D eigenvalue weighted by molar-refractivity contribution is 7.09. The van der Waals surface area contributed by atoms with Crippen LogP contribution in [0.4, 0.5) is 5.13 Å². The number of nitrogens with zero attached hydrogens (tertiary/aromatic N) is 2. The maximum absolute atomic E-state index is 5.86. The fourth-order valence-electron chi connectivity index (χ4n) is 0.988. The first-order chi connectivity index (χ1) is 6.66. The Morgan fingerprint density at radius 2 is 2.00 bits per heavy atom. The molecule has 1 heterocycles. The summed E-state index contributed by atoms with van der Waals surface area (Å²) in [5.41, 5.74) is 6.28. The molecular weight excluding hydrogens is 241 g/mol. The molecule has 0 spiro atoms. The van der Waals surface area contributed by atoms with E-state index in [4.69, 9.17) is 28.9 Å². The Hall–Kier alpha value is -0.840. The minimum atomic E-state index is 0.436. The van der Waals surface area contributed by atoms with Gasteiger partial charge >= 0.3 is 0 Å². The van der Waals surface area contributed by atoms with Gasteiger partial charge in [-0.2, -0.15) is 9.36 Å². The van der Waals surface area contributed by atoms with E-state index in [1.54, 1.807) is 18.2 Å². The van der Waals surface area contributed by atoms with Crippen LogP contribution in [0.25, 0.3) is 11.4 Å².